The maximum atomic E-state index is 12.2. The number of carbonyl (C=O) groups is 1. The molecule has 0 unspecified atom stereocenters. The van der Waals surface area contributed by atoms with Gasteiger partial charge in [0.05, 0.1) is 18.8 Å². The van der Waals surface area contributed by atoms with Crippen LogP contribution in [0.15, 0.2) is 36.5 Å². The van der Waals surface area contributed by atoms with Gasteiger partial charge in [-0.3, -0.25) is 9.69 Å². The molecule has 0 spiro atoms. The monoisotopic (exact) mass is 374 g/mol. The molecule has 1 aliphatic rings. The Morgan fingerprint density at radius 2 is 2.08 bits per heavy atom. The summed E-state index contributed by atoms with van der Waals surface area (Å²) in [5, 5.41) is 6.81. The van der Waals surface area contributed by atoms with Crippen molar-refractivity contribution < 1.29 is 9.53 Å². The van der Waals surface area contributed by atoms with Crippen LogP contribution in [0.5, 0.6) is 0 Å². The van der Waals surface area contributed by atoms with Gasteiger partial charge in [-0.25, -0.2) is 4.98 Å². The number of hydrogen-bond acceptors (Lipinski definition) is 5. The first-order chi connectivity index (χ1) is 12.6. The summed E-state index contributed by atoms with van der Waals surface area (Å²) >= 11 is 6.03. The molecule has 1 aromatic heterocycles. The topological polar surface area (TPSA) is 66.5 Å². The van der Waals surface area contributed by atoms with E-state index in [1.165, 1.54) is 0 Å². The second kappa shape index (κ2) is 8.98. The molecule has 0 saturated carbocycles. The summed E-state index contributed by atoms with van der Waals surface area (Å²) in [6.07, 6.45) is 1.58. The Labute approximate surface area is 158 Å². The third kappa shape index (κ3) is 5.17. The average molecular weight is 375 g/mol. The third-order valence-electron chi connectivity index (χ3n) is 4.31. The number of ether oxygens (including phenoxy) is 1. The lowest BCUT2D eigenvalue weighted by Crippen LogP contribution is -2.41. The predicted molar refractivity (Wildman–Crippen MR) is 103 cm³/mol. The molecule has 2 N–H and O–H groups in total. The lowest BCUT2D eigenvalue weighted by molar-refractivity contribution is 0.0383. The minimum Gasteiger partial charge on any atom is -0.379 e. The zero-order chi connectivity index (χ0) is 18.4. The number of nitrogens with one attached hydrogen (secondary N) is 2. The number of hydrogen-bond donors (Lipinski definition) is 2. The van der Waals surface area contributed by atoms with Gasteiger partial charge in [-0.05, 0) is 36.8 Å². The summed E-state index contributed by atoms with van der Waals surface area (Å²) in [6, 6.07) is 9.20. The minimum absolute atomic E-state index is 0.115. The fourth-order valence-electron chi connectivity index (χ4n) is 2.72. The van der Waals surface area contributed by atoms with Gasteiger partial charge in [0, 0.05) is 43.1 Å². The van der Waals surface area contributed by atoms with Crippen molar-refractivity contribution in [1.29, 1.82) is 0 Å². The van der Waals surface area contributed by atoms with Crippen LogP contribution in [-0.2, 0) is 4.74 Å². The van der Waals surface area contributed by atoms with Crippen LogP contribution in [0.25, 0.3) is 0 Å². The highest BCUT2D eigenvalue weighted by atomic mass is 35.5. The normalized spacial score (nSPS) is 14.8. The van der Waals surface area contributed by atoms with Crippen molar-refractivity contribution >= 4 is 29.0 Å². The van der Waals surface area contributed by atoms with E-state index in [0.717, 1.165) is 44.1 Å². The Kier molecular flexibility index (Phi) is 6.44. The van der Waals surface area contributed by atoms with E-state index >= 15 is 0 Å². The molecular formula is C19H23ClN4O2. The highest BCUT2D eigenvalue weighted by molar-refractivity contribution is 6.30. The van der Waals surface area contributed by atoms with E-state index in [2.05, 4.69) is 20.5 Å². The Balaban J connectivity index is 1.51. The summed E-state index contributed by atoms with van der Waals surface area (Å²) in [4.78, 5) is 18.8. The van der Waals surface area contributed by atoms with Crippen LogP contribution in [-0.4, -0.2) is 55.2 Å². The van der Waals surface area contributed by atoms with Crippen molar-refractivity contribution in [3.63, 3.8) is 0 Å². The van der Waals surface area contributed by atoms with E-state index in [1.807, 2.05) is 25.1 Å². The number of rotatable bonds is 6. The predicted octanol–water partition coefficient (Wildman–Crippen LogP) is 2.85. The number of aryl methyl sites for hydroxylation is 1. The van der Waals surface area contributed by atoms with Gasteiger partial charge in [0.15, 0.2) is 0 Å². The van der Waals surface area contributed by atoms with Gasteiger partial charge in [-0.15, -0.1) is 0 Å². The number of aromatic nitrogens is 1. The molecule has 138 valence electrons. The summed E-state index contributed by atoms with van der Waals surface area (Å²) in [6.45, 7) is 6.80. The van der Waals surface area contributed by atoms with Crippen LogP contribution in [0.1, 0.15) is 15.9 Å². The molecule has 0 aliphatic carbocycles. The quantitative estimate of drug-likeness (QED) is 0.813. The van der Waals surface area contributed by atoms with E-state index < -0.39 is 0 Å². The van der Waals surface area contributed by atoms with Gasteiger partial charge in [0.25, 0.3) is 5.91 Å². The SMILES string of the molecule is Cc1ccc(Cl)cc1Nc1ccc(C(=O)NCCN2CCOCC2)cn1. The van der Waals surface area contributed by atoms with Gasteiger partial charge in [0.1, 0.15) is 5.82 Å². The molecule has 1 aromatic carbocycles. The molecule has 1 aliphatic heterocycles. The lowest BCUT2D eigenvalue weighted by atomic mass is 10.2. The summed E-state index contributed by atoms with van der Waals surface area (Å²) in [5.41, 5.74) is 2.51. The van der Waals surface area contributed by atoms with E-state index in [0.29, 0.717) is 22.9 Å². The van der Waals surface area contributed by atoms with Crippen LogP contribution in [0.3, 0.4) is 0 Å². The van der Waals surface area contributed by atoms with Crippen molar-refractivity contribution in [2.75, 3.05) is 44.7 Å². The molecule has 2 heterocycles. The first-order valence-corrected chi connectivity index (χ1v) is 9.07. The van der Waals surface area contributed by atoms with Crippen molar-refractivity contribution in [3.8, 4) is 0 Å². The van der Waals surface area contributed by atoms with Gasteiger partial charge < -0.3 is 15.4 Å². The molecule has 1 saturated heterocycles. The van der Waals surface area contributed by atoms with Gasteiger partial charge in [0.2, 0.25) is 0 Å². The Morgan fingerprint density at radius 3 is 2.81 bits per heavy atom. The van der Waals surface area contributed by atoms with Crippen molar-refractivity contribution in [2.45, 2.75) is 6.92 Å². The summed E-state index contributed by atoms with van der Waals surface area (Å²) in [5.74, 6) is 0.552. The molecule has 26 heavy (non-hydrogen) atoms. The Morgan fingerprint density at radius 1 is 1.27 bits per heavy atom. The maximum Gasteiger partial charge on any atom is 0.252 e. The molecule has 1 amide bonds. The number of morpholine rings is 1. The second-order valence-electron chi connectivity index (χ2n) is 6.23. The smallest absolute Gasteiger partial charge is 0.252 e. The minimum atomic E-state index is -0.115. The first-order valence-electron chi connectivity index (χ1n) is 8.69. The van der Waals surface area contributed by atoms with Gasteiger partial charge in [-0.2, -0.15) is 0 Å². The third-order valence-corrected chi connectivity index (χ3v) is 4.54. The molecule has 0 atom stereocenters. The molecule has 1 fully saturated rings. The highest BCUT2D eigenvalue weighted by Gasteiger charge is 2.11. The fourth-order valence-corrected chi connectivity index (χ4v) is 2.90. The van der Waals surface area contributed by atoms with E-state index in [-0.39, 0.29) is 5.91 Å². The highest BCUT2D eigenvalue weighted by Crippen LogP contribution is 2.23. The van der Waals surface area contributed by atoms with Crippen LogP contribution >= 0.6 is 11.6 Å². The standard InChI is InChI=1S/C19H23ClN4O2/c1-14-2-4-16(20)12-17(14)23-18-5-3-15(13-22-18)19(25)21-6-7-24-8-10-26-11-9-24/h2-5,12-13H,6-11H2,1H3,(H,21,25)(H,22,23). The van der Waals surface area contributed by atoms with Crippen molar-refractivity contribution in [2.24, 2.45) is 0 Å². The number of nitrogens with zero attached hydrogens (tertiary/aromatic N) is 2. The molecule has 7 heteroatoms. The van der Waals surface area contributed by atoms with Crippen LogP contribution < -0.4 is 10.6 Å². The van der Waals surface area contributed by atoms with Crippen LogP contribution in [0.4, 0.5) is 11.5 Å². The Hall–Kier alpha value is -2.15. The summed E-state index contributed by atoms with van der Waals surface area (Å²) in [7, 11) is 0. The van der Waals surface area contributed by atoms with Gasteiger partial charge >= 0.3 is 0 Å². The number of amides is 1. The lowest BCUT2D eigenvalue weighted by Gasteiger charge is -2.26. The number of anilines is 2. The average Bonchev–Trinajstić information content (AvgIpc) is 2.66. The molecule has 2 aromatic rings. The van der Waals surface area contributed by atoms with E-state index in [1.54, 1.807) is 18.3 Å². The van der Waals surface area contributed by atoms with Crippen LogP contribution in [0.2, 0.25) is 5.02 Å². The van der Waals surface area contributed by atoms with Crippen molar-refractivity contribution in [3.05, 3.63) is 52.7 Å². The molecule has 0 bridgehead atoms. The zero-order valence-electron chi connectivity index (χ0n) is 14.8. The number of benzene rings is 1. The molecule has 6 nitrogen and oxygen atoms in total. The van der Waals surface area contributed by atoms with E-state index in [4.69, 9.17) is 16.3 Å². The van der Waals surface area contributed by atoms with Crippen LogP contribution in [0, 0.1) is 6.92 Å². The maximum absolute atomic E-state index is 12.2. The number of carbonyl (C=O) groups excluding carboxylic acids is 1. The molecule has 3 rings (SSSR count). The second-order valence-corrected chi connectivity index (χ2v) is 6.66. The fraction of sp³-hybridized carbons (Fsp3) is 0.368. The summed E-state index contributed by atoms with van der Waals surface area (Å²) < 4.78 is 5.31. The largest absolute Gasteiger partial charge is 0.379 e. The Bertz CT molecular complexity index is 746. The number of halogens is 1. The molecule has 0 radical (unpaired) electrons. The zero-order valence-corrected chi connectivity index (χ0v) is 15.6. The van der Waals surface area contributed by atoms with E-state index in [9.17, 15) is 4.79 Å². The first kappa shape index (κ1) is 18.6. The van der Waals surface area contributed by atoms with Gasteiger partial charge in [-0.1, -0.05) is 17.7 Å². The van der Waals surface area contributed by atoms with Crippen molar-refractivity contribution in [1.82, 2.24) is 15.2 Å². The number of pyridine rings is 1. The molecular weight excluding hydrogens is 352 g/mol.